The first-order valence-electron chi connectivity index (χ1n) is 12.1. The average Bonchev–Trinajstić information content (AvgIpc) is 2.90. The largest absolute Gasteiger partial charge is 0.490 e. The Bertz CT molecular complexity index is 1590. The molecule has 0 unspecified atom stereocenters. The van der Waals surface area contributed by atoms with Crippen molar-refractivity contribution in [3.05, 3.63) is 104 Å². The standard InChI is InChI=1S/C31H26BrClN2O3/c1-4-37-29-16-21(14-23(17-34)31(36)35-28-11-7-10-27(33)20(28)3)15-26(32)30(29)38-18-25-19(2)12-13-22-8-5-6-9-24(22)25/h5-16H,4,18H2,1-3H3,(H,35,36)/b23-14+. The highest BCUT2D eigenvalue weighted by molar-refractivity contribution is 9.10. The summed E-state index contributed by atoms with van der Waals surface area (Å²) in [5.41, 5.74) is 4.07. The van der Waals surface area contributed by atoms with Gasteiger partial charge in [0.2, 0.25) is 0 Å². The van der Waals surface area contributed by atoms with Gasteiger partial charge in [0.15, 0.2) is 11.5 Å². The number of hydrogen-bond acceptors (Lipinski definition) is 4. The van der Waals surface area contributed by atoms with Crippen molar-refractivity contribution in [2.45, 2.75) is 27.4 Å². The van der Waals surface area contributed by atoms with Gasteiger partial charge in [0.25, 0.3) is 5.91 Å². The van der Waals surface area contributed by atoms with Crippen molar-refractivity contribution in [3.8, 4) is 17.6 Å². The van der Waals surface area contributed by atoms with Crippen LogP contribution < -0.4 is 14.8 Å². The third-order valence-electron chi connectivity index (χ3n) is 6.16. The van der Waals surface area contributed by atoms with Crippen LogP contribution in [0.5, 0.6) is 11.5 Å². The number of rotatable bonds is 8. The molecule has 4 rings (SSSR count). The lowest BCUT2D eigenvalue weighted by Crippen LogP contribution is -2.14. The summed E-state index contributed by atoms with van der Waals surface area (Å²) in [4.78, 5) is 12.9. The fourth-order valence-electron chi connectivity index (χ4n) is 4.10. The van der Waals surface area contributed by atoms with Crippen LogP contribution in [0.15, 0.2) is 76.8 Å². The maximum atomic E-state index is 12.9. The molecule has 4 aromatic carbocycles. The molecular formula is C31H26BrClN2O3. The topological polar surface area (TPSA) is 71.3 Å². The van der Waals surface area contributed by atoms with Crippen LogP contribution in [0.3, 0.4) is 0 Å². The number of anilines is 1. The molecule has 192 valence electrons. The van der Waals surface area contributed by atoms with E-state index < -0.39 is 5.91 Å². The minimum absolute atomic E-state index is 0.0567. The molecular weight excluding hydrogens is 564 g/mol. The Morgan fingerprint density at radius 2 is 1.87 bits per heavy atom. The number of aryl methyl sites for hydroxylation is 1. The minimum Gasteiger partial charge on any atom is -0.490 e. The summed E-state index contributed by atoms with van der Waals surface area (Å²) in [5, 5.41) is 15.3. The van der Waals surface area contributed by atoms with Crippen LogP contribution in [0.2, 0.25) is 5.02 Å². The Morgan fingerprint density at radius 3 is 2.63 bits per heavy atom. The Morgan fingerprint density at radius 1 is 1.08 bits per heavy atom. The van der Waals surface area contributed by atoms with Gasteiger partial charge < -0.3 is 14.8 Å². The van der Waals surface area contributed by atoms with Gasteiger partial charge in [0.1, 0.15) is 18.2 Å². The summed E-state index contributed by atoms with van der Waals surface area (Å²) in [6.07, 6.45) is 1.52. The molecule has 0 saturated carbocycles. The van der Waals surface area contributed by atoms with E-state index >= 15 is 0 Å². The van der Waals surface area contributed by atoms with Gasteiger partial charge in [-0.15, -0.1) is 0 Å². The van der Waals surface area contributed by atoms with Crippen LogP contribution in [0.25, 0.3) is 16.8 Å². The summed E-state index contributed by atoms with van der Waals surface area (Å²) >= 11 is 9.76. The second-order valence-corrected chi connectivity index (χ2v) is 9.93. The minimum atomic E-state index is -0.529. The van der Waals surface area contributed by atoms with E-state index in [1.54, 1.807) is 37.3 Å². The summed E-state index contributed by atoms with van der Waals surface area (Å²) in [6.45, 7) is 6.53. The third-order valence-corrected chi connectivity index (χ3v) is 7.16. The SMILES string of the molecule is CCOc1cc(/C=C(\C#N)C(=O)Nc2cccc(Cl)c2C)cc(Br)c1OCc1c(C)ccc2ccccc12. The number of nitrogens with zero attached hydrogens (tertiary/aromatic N) is 1. The first kappa shape index (κ1) is 27.3. The van der Waals surface area contributed by atoms with Crippen molar-refractivity contribution in [3.63, 3.8) is 0 Å². The summed E-state index contributed by atoms with van der Waals surface area (Å²) < 4.78 is 12.8. The number of ether oxygens (including phenoxy) is 2. The first-order valence-corrected chi connectivity index (χ1v) is 13.2. The van der Waals surface area contributed by atoms with E-state index in [-0.39, 0.29) is 5.57 Å². The number of hydrogen-bond donors (Lipinski definition) is 1. The molecule has 0 aromatic heterocycles. The Hall–Kier alpha value is -3.79. The van der Waals surface area contributed by atoms with E-state index in [1.165, 1.54) is 6.08 Å². The molecule has 1 N–H and O–H groups in total. The molecule has 0 fully saturated rings. The predicted octanol–water partition coefficient (Wildman–Crippen LogP) is 8.40. The maximum Gasteiger partial charge on any atom is 0.266 e. The molecule has 0 aliphatic rings. The molecule has 0 atom stereocenters. The molecule has 0 radical (unpaired) electrons. The lowest BCUT2D eigenvalue weighted by atomic mass is 10.0. The Kier molecular flexibility index (Phi) is 8.73. The number of benzene rings is 4. The number of nitriles is 1. The molecule has 5 nitrogen and oxygen atoms in total. The second-order valence-electron chi connectivity index (χ2n) is 8.67. The molecule has 7 heteroatoms. The van der Waals surface area contributed by atoms with E-state index in [0.29, 0.717) is 45.5 Å². The molecule has 0 spiro atoms. The van der Waals surface area contributed by atoms with Crippen molar-refractivity contribution in [2.24, 2.45) is 0 Å². The lowest BCUT2D eigenvalue weighted by molar-refractivity contribution is -0.112. The first-order chi connectivity index (χ1) is 18.3. The number of fused-ring (bicyclic) bond motifs is 1. The monoisotopic (exact) mass is 588 g/mol. The molecule has 38 heavy (non-hydrogen) atoms. The van der Waals surface area contributed by atoms with Crippen LogP contribution >= 0.6 is 27.5 Å². The van der Waals surface area contributed by atoms with Gasteiger partial charge in [0, 0.05) is 16.3 Å². The van der Waals surface area contributed by atoms with Crippen molar-refractivity contribution in [2.75, 3.05) is 11.9 Å². The summed E-state index contributed by atoms with van der Waals surface area (Å²) in [5.74, 6) is 0.530. The van der Waals surface area contributed by atoms with Crippen LogP contribution in [0.1, 0.15) is 29.2 Å². The zero-order valence-corrected chi connectivity index (χ0v) is 23.6. The molecule has 0 heterocycles. The van der Waals surface area contributed by atoms with Gasteiger partial charge in [-0.05, 0) is 94.5 Å². The second kappa shape index (κ2) is 12.2. The molecule has 0 bridgehead atoms. The van der Waals surface area contributed by atoms with Crippen molar-refractivity contribution >= 4 is 56.0 Å². The van der Waals surface area contributed by atoms with Gasteiger partial charge >= 0.3 is 0 Å². The van der Waals surface area contributed by atoms with Crippen LogP contribution in [-0.4, -0.2) is 12.5 Å². The lowest BCUT2D eigenvalue weighted by Gasteiger charge is -2.17. The zero-order chi connectivity index (χ0) is 27.2. The highest BCUT2D eigenvalue weighted by Crippen LogP contribution is 2.39. The van der Waals surface area contributed by atoms with Crippen LogP contribution in [-0.2, 0) is 11.4 Å². The number of carbonyl (C=O) groups is 1. The van der Waals surface area contributed by atoms with E-state index in [2.05, 4.69) is 52.4 Å². The summed E-state index contributed by atoms with van der Waals surface area (Å²) in [6, 6.07) is 23.2. The van der Waals surface area contributed by atoms with Crippen LogP contribution in [0, 0.1) is 25.2 Å². The van der Waals surface area contributed by atoms with Gasteiger partial charge in [0.05, 0.1) is 11.1 Å². The van der Waals surface area contributed by atoms with Crippen molar-refractivity contribution < 1.29 is 14.3 Å². The average molecular weight is 590 g/mol. The zero-order valence-electron chi connectivity index (χ0n) is 21.3. The molecule has 0 aliphatic carbocycles. The third kappa shape index (κ3) is 6.02. The van der Waals surface area contributed by atoms with E-state index in [1.807, 2.05) is 25.1 Å². The van der Waals surface area contributed by atoms with E-state index in [4.69, 9.17) is 21.1 Å². The van der Waals surface area contributed by atoms with Gasteiger partial charge in [-0.2, -0.15) is 5.26 Å². The number of nitrogens with one attached hydrogen (secondary N) is 1. The van der Waals surface area contributed by atoms with Gasteiger partial charge in [-0.1, -0.05) is 54.1 Å². The molecule has 4 aromatic rings. The highest BCUT2D eigenvalue weighted by Gasteiger charge is 2.16. The maximum absolute atomic E-state index is 12.9. The fourth-order valence-corrected chi connectivity index (χ4v) is 4.85. The quantitative estimate of drug-likeness (QED) is 0.165. The van der Waals surface area contributed by atoms with E-state index in [0.717, 1.165) is 27.5 Å². The predicted molar refractivity (Wildman–Crippen MR) is 157 cm³/mol. The Labute approximate surface area is 235 Å². The van der Waals surface area contributed by atoms with Crippen molar-refractivity contribution in [1.82, 2.24) is 0 Å². The van der Waals surface area contributed by atoms with Crippen molar-refractivity contribution in [1.29, 1.82) is 5.26 Å². The molecule has 1 amide bonds. The number of amides is 1. The van der Waals surface area contributed by atoms with E-state index in [9.17, 15) is 10.1 Å². The summed E-state index contributed by atoms with van der Waals surface area (Å²) in [7, 11) is 0. The number of carbonyl (C=O) groups excluding carboxylic acids is 1. The van der Waals surface area contributed by atoms with Crippen LogP contribution in [0.4, 0.5) is 5.69 Å². The smallest absolute Gasteiger partial charge is 0.266 e. The Balaban J connectivity index is 1.62. The van der Waals surface area contributed by atoms with Gasteiger partial charge in [-0.25, -0.2) is 0 Å². The normalized spacial score (nSPS) is 11.2. The highest BCUT2D eigenvalue weighted by atomic mass is 79.9. The molecule has 0 aliphatic heterocycles. The number of halogens is 2. The molecule has 0 saturated heterocycles. The van der Waals surface area contributed by atoms with Gasteiger partial charge in [-0.3, -0.25) is 4.79 Å². The fraction of sp³-hybridized carbons (Fsp3) is 0.161.